The molecule has 1 N–H and O–H groups in total. The molecule has 6 nitrogen and oxygen atoms in total. The van der Waals surface area contributed by atoms with Gasteiger partial charge in [0, 0.05) is 25.7 Å². The molecule has 0 radical (unpaired) electrons. The molecule has 1 heterocycles. The monoisotopic (exact) mass is 371 g/mol. The number of hydrogen-bond acceptors (Lipinski definition) is 3. The van der Waals surface area contributed by atoms with Crippen LogP contribution in [0.2, 0.25) is 0 Å². The molecule has 27 heavy (non-hydrogen) atoms. The van der Waals surface area contributed by atoms with E-state index in [0.29, 0.717) is 19.6 Å². The molecule has 1 atom stereocenters. The van der Waals surface area contributed by atoms with E-state index in [1.807, 2.05) is 30.3 Å². The van der Waals surface area contributed by atoms with Crippen molar-refractivity contribution in [3.8, 4) is 0 Å². The van der Waals surface area contributed by atoms with Gasteiger partial charge in [-0.3, -0.25) is 14.4 Å². The normalized spacial score (nSPS) is 19.4. The topological polar surface area (TPSA) is 69.7 Å². The minimum Gasteiger partial charge on any atom is -0.351 e. The highest BCUT2D eigenvalue weighted by molar-refractivity contribution is 6.35. The van der Waals surface area contributed by atoms with Gasteiger partial charge in [-0.05, 0) is 24.8 Å². The average molecular weight is 371 g/mol. The van der Waals surface area contributed by atoms with Gasteiger partial charge in [0.05, 0.1) is 0 Å². The summed E-state index contributed by atoms with van der Waals surface area (Å²) >= 11 is 0. The zero-order chi connectivity index (χ0) is 19.2. The Bertz CT molecular complexity index is 671. The molecule has 1 saturated carbocycles. The molecule has 3 amide bonds. The third-order valence-electron chi connectivity index (χ3n) is 5.50. The molecule has 3 rings (SSSR count). The van der Waals surface area contributed by atoms with Crippen LogP contribution in [0.4, 0.5) is 0 Å². The predicted molar refractivity (Wildman–Crippen MR) is 103 cm³/mol. The molecular formula is C21H29N3O3. The Balaban J connectivity index is 1.79. The van der Waals surface area contributed by atoms with Gasteiger partial charge >= 0.3 is 11.8 Å². The van der Waals surface area contributed by atoms with Crippen molar-refractivity contribution < 1.29 is 14.4 Å². The summed E-state index contributed by atoms with van der Waals surface area (Å²) in [5.41, 5.74) is 0.746. The summed E-state index contributed by atoms with van der Waals surface area (Å²) in [4.78, 5) is 41.5. The number of nitrogens with zero attached hydrogens (tertiary/aromatic N) is 2. The van der Waals surface area contributed by atoms with Crippen LogP contribution in [0, 0.1) is 0 Å². The Morgan fingerprint density at radius 1 is 1.11 bits per heavy atom. The summed E-state index contributed by atoms with van der Waals surface area (Å²) in [6.45, 7) is 3.51. The van der Waals surface area contributed by atoms with E-state index in [2.05, 4.69) is 12.2 Å². The van der Waals surface area contributed by atoms with Crippen molar-refractivity contribution in [2.45, 2.75) is 57.5 Å². The maximum atomic E-state index is 13.1. The number of carbonyl (C=O) groups excluding carboxylic acids is 3. The first-order chi connectivity index (χ1) is 13.1. The van der Waals surface area contributed by atoms with Crippen LogP contribution >= 0.6 is 0 Å². The van der Waals surface area contributed by atoms with E-state index >= 15 is 0 Å². The fourth-order valence-electron chi connectivity index (χ4n) is 3.96. The van der Waals surface area contributed by atoms with Crippen LogP contribution in [0.1, 0.15) is 57.1 Å². The molecule has 146 valence electrons. The number of piperazine rings is 1. The standard InChI is InChI=1S/C21H29N3O3/c1-2-3-13-23-14-15-24(21(27)20(23)26)18(16-9-5-4-6-10-16)19(25)22-17-11-7-8-12-17/h4-6,9-10,17-18H,2-3,7-8,11-15H2,1H3,(H,22,25)/t18-/m0/s1. The third-order valence-corrected chi connectivity index (χ3v) is 5.50. The van der Waals surface area contributed by atoms with Crippen molar-refractivity contribution in [2.75, 3.05) is 19.6 Å². The number of hydrogen-bond donors (Lipinski definition) is 1. The van der Waals surface area contributed by atoms with Gasteiger partial charge in [-0.25, -0.2) is 0 Å². The highest BCUT2D eigenvalue weighted by Crippen LogP contribution is 2.26. The van der Waals surface area contributed by atoms with Crippen molar-refractivity contribution in [3.63, 3.8) is 0 Å². The third kappa shape index (κ3) is 4.49. The van der Waals surface area contributed by atoms with Gasteiger partial charge in [0.15, 0.2) is 0 Å². The lowest BCUT2D eigenvalue weighted by Crippen LogP contribution is -2.57. The number of benzene rings is 1. The van der Waals surface area contributed by atoms with Crippen LogP contribution in [-0.2, 0) is 14.4 Å². The number of nitrogens with one attached hydrogen (secondary N) is 1. The summed E-state index contributed by atoms with van der Waals surface area (Å²) in [5, 5.41) is 3.10. The van der Waals surface area contributed by atoms with Crippen LogP contribution in [0.5, 0.6) is 0 Å². The molecule has 0 bridgehead atoms. The zero-order valence-corrected chi connectivity index (χ0v) is 16.0. The van der Waals surface area contributed by atoms with Gasteiger partial charge < -0.3 is 15.1 Å². The molecule has 1 aliphatic carbocycles. The van der Waals surface area contributed by atoms with E-state index in [4.69, 9.17) is 0 Å². The summed E-state index contributed by atoms with van der Waals surface area (Å²) in [6.07, 6.45) is 6.04. The van der Waals surface area contributed by atoms with Crippen molar-refractivity contribution in [3.05, 3.63) is 35.9 Å². The predicted octanol–water partition coefficient (Wildman–Crippen LogP) is 2.26. The number of rotatable bonds is 7. The Labute approximate surface area is 160 Å². The van der Waals surface area contributed by atoms with Crippen LogP contribution in [0.15, 0.2) is 30.3 Å². The molecule has 1 aromatic carbocycles. The van der Waals surface area contributed by atoms with Crippen molar-refractivity contribution in [1.29, 1.82) is 0 Å². The minimum atomic E-state index is -0.753. The van der Waals surface area contributed by atoms with Crippen molar-refractivity contribution >= 4 is 17.7 Å². The van der Waals surface area contributed by atoms with E-state index in [-0.39, 0.29) is 11.9 Å². The summed E-state index contributed by atoms with van der Waals surface area (Å²) in [6, 6.07) is 8.70. The largest absolute Gasteiger partial charge is 0.351 e. The average Bonchev–Trinajstić information content (AvgIpc) is 3.18. The van der Waals surface area contributed by atoms with Gasteiger partial charge in [0.1, 0.15) is 6.04 Å². The summed E-state index contributed by atoms with van der Waals surface area (Å²) in [5.74, 6) is -1.26. The number of unbranched alkanes of at least 4 members (excludes halogenated alkanes) is 1. The molecule has 0 aromatic heterocycles. The lowest BCUT2D eigenvalue weighted by Gasteiger charge is -2.38. The highest BCUT2D eigenvalue weighted by atomic mass is 16.2. The molecule has 1 aliphatic heterocycles. The molecule has 1 aromatic rings. The second-order valence-electron chi connectivity index (χ2n) is 7.45. The second-order valence-corrected chi connectivity index (χ2v) is 7.45. The smallest absolute Gasteiger partial charge is 0.313 e. The summed E-state index contributed by atoms with van der Waals surface area (Å²) < 4.78 is 0. The molecule has 2 aliphatic rings. The van der Waals surface area contributed by atoms with Crippen LogP contribution in [0.3, 0.4) is 0 Å². The maximum Gasteiger partial charge on any atom is 0.313 e. The van der Waals surface area contributed by atoms with E-state index in [0.717, 1.165) is 44.1 Å². The number of carbonyl (C=O) groups is 3. The quantitative estimate of drug-likeness (QED) is 0.748. The number of amides is 3. The van der Waals surface area contributed by atoms with Gasteiger partial charge in [-0.2, -0.15) is 0 Å². The fourth-order valence-corrected chi connectivity index (χ4v) is 3.96. The van der Waals surface area contributed by atoms with Crippen LogP contribution < -0.4 is 5.32 Å². The van der Waals surface area contributed by atoms with Crippen LogP contribution in [-0.4, -0.2) is 53.2 Å². The molecule has 0 unspecified atom stereocenters. The van der Waals surface area contributed by atoms with Gasteiger partial charge in [0.2, 0.25) is 5.91 Å². The Hall–Kier alpha value is -2.37. The van der Waals surface area contributed by atoms with Crippen LogP contribution in [0.25, 0.3) is 0 Å². The molecule has 6 heteroatoms. The van der Waals surface area contributed by atoms with E-state index in [1.54, 1.807) is 4.90 Å². The van der Waals surface area contributed by atoms with Crippen molar-refractivity contribution in [1.82, 2.24) is 15.1 Å². The summed E-state index contributed by atoms with van der Waals surface area (Å²) in [7, 11) is 0. The fraction of sp³-hybridized carbons (Fsp3) is 0.571. The molecule has 0 spiro atoms. The molecule has 1 saturated heterocycles. The second kappa shape index (κ2) is 9.02. The molecular weight excluding hydrogens is 342 g/mol. The minimum absolute atomic E-state index is 0.167. The Morgan fingerprint density at radius 3 is 2.48 bits per heavy atom. The zero-order valence-electron chi connectivity index (χ0n) is 16.0. The first-order valence-corrected chi connectivity index (χ1v) is 10.1. The maximum absolute atomic E-state index is 13.1. The van der Waals surface area contributed by atoms with Gasteiger partial charge in [0.25, 0.3) is 0 Å². The Kier molecular flexibility index (Phi) is 6.48. The Morgan fingerprint density at radius 2 is 1.81 bits per heavy atom. The first kappa shape index (κ1) is 19.4. The molecule has 2 fully saturated rings. The van der Waals surface area contributed by atoms with Crippen molar-refractivity contribution in [2.24, 2.45) is 0 Å². The van der Waals surface area contributed by atoms with Gasteiger partial charge in [-0.15, -0.1) is 0 Å². The lowest BCUT2D eigenvalue weighted by atomic mass is 10.0. The van der Waals surface area contributed by atoms with E-state index in [9.17, 15) is 14.4 Å². The van der Waals surface area contributed by atoms with E-state index in [1.165, 1.54) is 4.90 Å². The first-order valence-electron chi connectivity index (χ1n) is 10.1. The van der Waals surface area contributed by atoms with Gasteiger partial charge in [-0.1, -0.05) is 56.5 Å². The highest BCUT2D eigenvalue weighted by Gasteiger charge is 2.40. The SMILES string of the molecule is CCCCN1CCN([C@H](C(=O)NC2CCCC2)c2ccccc2)C(=O)C1=O. The lowest BCUT2D eigenvalue weighted by molar-refractivity contribution is -0.159. The van der Waals surface area contributed by atoms with E-state index < -0.39 is 17.9 Å².